The second-order valence-electron chi connectivity index (χ2n) is 4.02. The van der Waals surface area contributed by atoms with Gasteiger partial charge in [0.1, 0.15) is 5.76 Å². The number of furan rings is 1. The Morgan fingerprint density at radius 3 is 2.75 bits per heavy atom. The molecule has 0 bridgehead atoms. The van der Waals surface area contributed by atoms with E-state index in [1.54, 1.807) is 17.0 Å². The van der Waals surface area contributed by atoms with Crippen LogP contribution in [0.15, 0.2) is 29.2 Å². The molecule has 0 fully saturated rings. The summed E-state index contributed by atoms with van der Waals surface area (Å²) < 4.78 is 5.23. The van der Waals surface area contributed by atoms with Crippen molar-refractivity contribution in [3.05, 3.63) is 35.8 Å². The van der Waals surface area contributed by atoms with Crippen molar-refractivity contribution in [3.8, 4) is 0 Å². The lowest BCUT2D eigenvalue weighted by Gasteiger charge is -2.21. The van der Waals surface area contributed by atoms with Crippen molar-refractivity contribution in [2.45, 2.75) is 20.4 Å². The number of rotatable bonds is 5. The third kappa shape index (κ3) is 3.74. The second-order valence-corrected chi connectivity index (χ2v) is 4.40. The normalized spacial score (nSPS) is 10.5. The van der Waals surface area contributed by atoms with Gasteiger partial charge < -0.3 is 9.32 Å². The van der Waals surface area contributed by atoms with Gasteiger partial charge >= 0.3 is 0 Å². The molecule has 0 N–H and O–H groups in total. The van der Waals surface area contributed by atoms with Gasteiger partial charge in [-0.2, -0.15) is 0 Å². The van der Waals surface area contributed by atoms with E-state index < -0.39 is 0 Å². The highest BCUT2D eigenvalue weighted by molar-refractivity contribution is 6.28. The lowest BCUT2D eigenvalue weighted by molar-refractivity contribution is -0.127. The number of carbonyl (C=O) groups excluding carboxylic acids is 1. The number of hydrogen-bond donors (Lipinski definition) is 0. The van der Waals surface area contributed by atoms with Gasteiger partial charge in [0.15, 0.2) is 5.22 Å². The summed E-state index contributed by atoms with van der Waals surface area (Å²) in [6, 6.07) is 3.44. The second kappa shape index (κ2) is 5.75. The molecule has 0 spiro atoms. The van der Waals surface area contributed by atoms with Crippen molar-refractivity contribution >= 4 is 17.5 Å². The molecule has 1 amide bonds. The number of carbonyl (C=O) groups is 1. The molecule has 1 rings (SSSR count). The Bertz CT molecular complexity index is 371. The highest BCUT2D eigenvalue weighted by Crippen LogP contribution is 2.15. The van der Waals surface area contributed by atoms with Crippen LogP contribution in [0.2, 0.25) is 5.22 Å². The third-order valence-electron chi connectivity index (χ3n) is 2.05. The fourth-order valence-corrected chi connectivity index (χ4v) is 1.59. The van der Waals surface area contributed by atoms with Crippen LogP contribution in [-0.2, 0) is 11.3 Å². The van der Waals surface area contributed by atoms with E-state index in [9.17, 15) is 4.79 Å². The summed E-state index contributed by atoms with van der Waals surface area (Å²) in [5, 5.41) is 0.338. The molecule has 0 aliphatic heterocycles. The zero-order valence-electron chi connectivity index (χ0n) is 9.57. The number of hydrogen-bond acceptors (Lipinski definition) is 2. The number of amides is 1. The van der Waals surface area contributed by atoms with E-state index in [-0.39, 0.29) is 5.91 Å². The van der Waals surface area contributed by atoms with Crippen LogP contribution in [0.3, 0.4) is 0 Å². The van der Waals surface area contributed by atoms with Crippen molar-refractivity contribution < 1.29 is 9.21 Å². The highest BCUT2D eigenvalue weighted by atomic mass is 35.5. The first-order chi connectivity index (χ1) is 7.52. The first-order valence-electron chi connectivity index (χ1n) is 5.18. The molecule has 0 saturated carbocycles. The Morgan fingerprint density at radius 1 is 1.62 bits per heavy atom. The van der Waals surface area contributed by atoms with Crippen molar-refractivity contribution in [2.75, 3.05) is 6.54 Å². The summed E-state index contributed by atoms with van der Waals surface area (Å²) in [6.07, 6.45) is 1.31. The summed E-state index contributed by atoms with van der Waals surface area (Å²) >= 11 is 5.67. The van der Waals surface area contributed by atoms with Crippen LogP contribution in [0.5, 0.6) is 0 Å². The van der Waals surface area contributed by atoms with Crippen LogP contribution in [0.4, 0.5) is 0 Å². The Balaban J connectivity index is 2.70. The van der Waals surface area contributed by atoms with Gasteiger partial charge in [0.05, 0.1) is 6.54 Å². The van der Waals surface area contributed by atoms with E-state index in [1.807, 2.05) is 0 Å². The quantitative estimate of drug-likeness (QED) is 0.743. The smallest absolute Gasteiger partial charge is 0.246 e. The zero-order valence-corrected chi connectivity index (χ0v) is 10.3. The topological polar surface area (TPSA) is 33.5 Å². The summed E-state index contributed by atoms with van der Waals surface area (Å²) in [5.41, 5.74) is 0. The van der Waals surface area contributed by atoms with E-state index in [1.165, 1.54) is 6.08 Å². The molecule has 4 heteroatoms. The summed E-state index contributed by atoms with van der Waals surface area (Å²) in [7, 11) is 0. The summed E-state index contributed by atoms with van der Waals surface area (Å²) in [6.45, 7) is 8.69. The van der Waals surface area contributed by atoms with Crippen LogP contribution >= 0.6 is 11.6 Å². The van der Waals surface area contributed by atoms with E-state index >= 15 is 0 Å². The van der Waals surface area contributed by atoms with E-state index in [0.717, 1.165) is 0 Å². The van der Waals surface area contributed by atoms with Crippen LogP contribution in [0.25, 0.3) is 0 Å². The maximum atomic E-state index is 11.6. The highest BCUT2D eigenvalue weighted by Gasteiger charge is 2.14. The van der Waals surface area contributed by atoms with Gasteiger partial charge in [-0.3, -0.25) is 4.79 Å². The van der Waals surface area contributed by atoms with Gasteiger partial charge in [0.25, 0.3) is 0 Å². The summed E-state index contributed by atoms with van der Waals surface area (Å²) in [4.78, 5) is 13.3. The molecule has 0 aliphatic rings. The molecule has 0 aromatic carbocycles. The minimum Gasteiger partial charge on any atom is -0.448 e. The van der Waals surface area contributed by atoms with Crippen molar-refractivity contribution in [2.24, 2.45) is 5.92 Å². The fourth-order valence-electron chi connectivity index (χ4n) is 1.43. The SMILES string of the molecule is C=CC(=O)N(Cc1ccc(Cl)o1)CC(C)C. The van der Waals surface area contributed by atoms with E-state index in [4.69, 9.17) is 16.0 Å². The molecule has 1 aromatic heterocycles. The van der Waals surface area contributed by atoms with Crippen LogP contribution in [0, 0.1) is 5.92 Å². The average Bonchev–Trinajstić information content (AvgIpc) is 2.61. The first-order valence-corrected chi connectivity index (χ1v) is 5.56. The van der Waals surface area contributed by atoms with Crippen LogP contribution in [0.1, 0.15) is 19.6 Å². The van der Waals surface area contributed by atoms with Crippen molar-refractivity contribution in [3.63, 3.8) is 0 Å². The largest absolute Gasteiger partial charge is 0.448 e. The Kier molecular flexibility index (Phi) is 4.62. The molecule has 0 atom stereocenters. The maximum absolute atomic E-state index is 11.6. The van der Waals surface area contributed by atoms with Crippen LogP contribution < -0.4 is 0 Å². The molecule has 88 valence electrons. The third-order valence-corrected chi connectivity index (χ3v) is 2.25. The molecular weight excluding hydrogens is 226 g/mol. The monoisotopic (exact) mass is 241 g/mol. The summed E-state index contributed by atoms with van der Waals surface area (Å²) in [5.74, 6) is 0.983. The van der Waals surface area contributed by atoms with E-state index in [2.05, 4.69) is 20.4 Å². The zero-order chi connectivity index (χ0) is 12.1. The average molecular weight is 242 g/mol. The predicted octanol–water partition coefficient (Wildman–Crippen LogP) is 3.10. The van der Waals surface area contributed by atoms with Gasteiger partial charge in [0, 0.05) is 6.54 Å². The Morgan fingerprint density at radius 2 is 2.31 bits per heavy atom. The maximum Gasteiger partial charge on any atom is 0.246 e. The van der Waals surface area contributed by atoms with Gasteiger partial charge in [-0.05, 0) is 35.7 Å². The molecule has 1 heterocycles. The molecular formula is C12H16ClNO2. The first kappa shape index (κ1) is 12.8. The Hall–Kier alpha value is -1.22. The number of halogens is 1. The van der Waals surface area contributed by atoms with E-state index in [0.29, 0.717) is 30.0 Å². The minimum absolute atomic E-state index is 0.0961. The Labute approximate surface area is 101 Å². The number of nitrogens with zero attached hydrogens (tertiary/aromatic N) is 1. The fraction of sp³-hybridized carbons (Fsp3) is 0.417. The molecule has 0 radical (unpaired) electrons. The van der Waals surface area contributed by atoms with Gasteiger partial charge in [0.2, 0.25) is 5.91 Å². The standard InChI is InChI=1S/C12H16ClNO2/c1-4-12(15)14(7-9(2)3)8-10-5-6-11(13)16-10/h4-6,9H,1,7-8H2,2-3H3. The molecule has 0 aliphatic carbocycles. The molecule has 0 saturated heterocycles. The molecule has 1 aromatic rings. The predicted molar refractivity (Wildman–Crippen MR) is 64.2 cm³/mol. The van der Waals surface area contributed by atoms with Crippen LogP contribution in [-0.4, -0.2) is 17.4 Å². The molecule has 3 nitrogen and oxygen atoms in total. The molecule has 0 unspecified atom stereocenters. The van der Waals surface area contributed by atoms with Gasteiger partial charge in [-0.25, -0.2) is 0 Å². The molecule has 16 heavy (non-hydrogen) atoms. The van der Waals surface area contributed by atoms with Gasteiger partial charge in [-0.1, -0.05) is 20.4 Å². The van der Waals surface area contributed by atoms with Crippen molar-refractivity contribution in [1.29, 1.82) is 0 Å². The lowest BCUT2D eigenvalue weighted by Crippen LogP contribution is -2.32. The lowest BCUT2D eigenvalue weighted by atomic mass is 10.2. The van der Waals surface area contributed by atoms with Crippen molar-refractivity contribution in [1.82, 2.24) is 4.90 Å². The van der Waals surface area contributed by atoms with Gasteiger partial charge in [-0.15, -0.1) is 0 Å². The minimum atomic E-state index is -0.0961.